The van der Waals surface area contributed by atoms with E-state index in [1.807, 2.05) is 5.32 Å². The summed E-state index contributed by atoms with van der Waals surface area (Å²) >= 11 is 5.91. The van der Waals surface area contributed by atoms with Crippen LogP contribution in [0.1, 0.15) is 6.92 Å². The average molecular weight is 294 g/mol. The van der Waals surface area contributed by atoms with Crippen molar-refractivity contribution in [2.45, 2.75) is 6.92 Å². The number of nitrogens with one attached hydrogen (secondary N) is 2. The molecule has 0 fully saturated rings. The molecule has 1 aromatic carbocycles. The van der Waals surface area contributed by atoms with E-state index in [1.165, 1.54) is 0 Å². The molecule has 0 aliphatic heterocycles. The summed E-state index contributed by atoms with van der Waals surface area (Å²) in [7, 11) is 0. The predicted molar refractivity (Wildman–Crippen MR) is 73.9 cm³/mol. The second kappa shape index (κ2) is 7.81. The van der Waals surface area contributed by atoms with Crippen LogP contribution in [-0.4, -0.2) is 18.6 Å². The Bertz CT molecular complexity index is 578. The van der Waals surface area contributed by atoms with Crippen molar-refractivity contribution in [3.8, 4) is 6.07 Å². The van der Waals surface area contributed by atoms with Crippen molar-refractivity contribution in [2.24, 2.45) is 0 Å². The van der Waals surface area contributed by atoms with Gasteiger partial charge < -0.3 is 10.1 Å². The number of benzene rings is 1. The van der Waals surface area contributed by atoms with Crippen LogP contribution < -0.4 is 10.6 Å². The fourth-order valence-corrected chi connectivity index (χ4v) is 1.39. The minimum atomic E-state index is -0.906. The van der Waals surface area contributed by atoms with Crippen LogP contribution in [0.5, 0.6) is 0 Å². The zero-order valence-electron chi connectivity index (χ0n) is 10.6. The minimum Gasteiger partial charge on any atom is -0.450 e. The summed E-state index contributed by atoms with van der Waals surface area (Å²) in [5, 5.41) is 14.0. The Labute approximate surface area is 121 Å². The molecule has 0 unspecified atom stereocenters. The van der Waals surface area contributed by atoms with Crippen molar-refractivity contribution >= 4 is 29.3 Å². The van der Waals surface area contributed by atoms with Crippen LogP contribution >= 0.6 is 11.6 Å². The molecule has 2 amide bonds. The number of anilines is 1. The molecule has 104 valence electrons. The van der Waals surface area contributed by atoms with Gasteiger partial charge in [-0.2, -0.15) is 5.26 Å². The molecule has 0 aliphatic rings. The van der Waals surface area contributed by atoms with E-state index in [0.29, 0.717) is 10.7 Å². The lowest BCUT2D eigenvalue weighted by Gasteiger charge is -2.05. The Morgan fingerprint density at radius 1 is 1.45 bits per heavy atom. The molecule has 1 aromatic rings. The molecule has 0 saturated heterocycles. The standard InChI is InChI=1S/C13H12ClN3O3/c1-2-20-13(19)17-12(18)9(7-15)8-16-11-6-4-3-5-10(11)14/h3-6,8,16H,2H2,1H3,(H,17,18,19)/b9-8+. The van der Waals surface area contributed by atoms with Crippen molar-refractivity contribution in [3.63, 3.8) is 0 Å². The van der Waals surface area contributed by atoms with Crippen molar-refractivity contribution in [1.29, 1.82) is 5.26 Å². The number of carbonyl (C=O) groups excluding carboxylic acids is 2. The summed E-state index contributed by atoms with van der Waals surface area (Å²) in [5.41, 5.74) is 0.254. The number of alkyl carbamates (subject to hydrolysis) is 1. The number of para-hydroxylation sites is 1. The summed E-state index contributed by atoms with van der Waals surface area (Å²) in [6.45, 7) is 1.73. The highest BCUT2D eigenvalue weighted by Gasteiger charge is 2.13. The van der Waals surface area contributed by atoms with Gasteiger partial charge in [0.15, 0.2) is 0 Å². The molecule has 7 heteroatoms. The number of imide groups is 1. The summed E-state index contributed by atoms with van der Waals surface area (Å²) in [6.07, 6.45) is 0.256. The van der Waals surface area contributed by atoms with Crippen LogP contribution in [0.3, 0.4) is 0 Å². The number of amides is 2. The van der Waals surface area contributed by atoms with Crippen LogP contribution in [0.4, 0.5) is 10.5 Å². The molecule has 0 atom stereocenters. The third-order valence-electron chi connectivity index (χ3n) is 2.10. The monoisotopic (exact) mass is 293 g/mol. The first kappa shape index (κ1) is 15.5. The van der Waals surface area contributed by atoms with Crippen molar-refractivity contribution < 1.29 is 14.3 Å². The second-order valence-electron chi connectivity index (χ2n) is 3.47. The van der Waals surface area contributed by atoms with E-state index in [0.717, 1.165) is 6.20 Å². The Hall–Kier alpha value is -2.52. The van der Waals surface area contributed by atoms with Gasteiger partial charge in [0.05, 0.1) is 17.3 Å². The van der Waals surface area contributed by atoms with Crippen LogP contribution in [-0.2, 0) is 9.53 Å². The van der Waals surface area contributed by atoms with Gasteiger partial charge in [0, 0.05) is 6.20 Å². The Kier molecular flexibility index (Phi) is 6.07. The van der Waals surface area contributed by atoms with Crippen LogP contribution in [0.25, 0.3) is 0 Å². The van der Waals surface area contributed by atoms with Gasteiger partial charge in [-0.25, -0.2) is 4.79 Å². The van der Waals surface area contributed by atoms with Gasteiger partial charge in [0.25, 0.3) is 5.91 Å². The number of nitriles is 1. The van der Waals surface area contributed by atoms with Crippen LogP contribution in [0.15, 0.2) is 36.0 Å². The normalized spacial score (nSPS) is 10.3. The van der Waals surface area contributed by atoms with E-state index in [9.17, 15) is 9.59 Å². The highest BCUT2D eigenvalue weighted by molar-refractivity contribution is 6.33. The van der Waals surface area contributed by atoms with Crippen molar-refractivity contribution in [3.05, 3.63) is 41.1 Å². The molecule has 0 aliphatic carbocycles. The number of nitrogens with zero attached hydrogens (tertiary/aromatic N) is 1. The average Bonchev–Trinajstić information content (AvgIpc) is 2.41. The van der Waals surface area contributed by atoms with E-state index in [2.05, 4.69) is 10.1 Å². The van der Waals surface area contributed by atoms with Gasteiger partial charge in [-0.1, -0.05) is 23.7 Å². The molecule has 0 saturated carbocycles. The molecule has 0 aromatic heterocycles. The maximum absolute atomic E-state index is 11.6. The highest BCUT2D eigenvalue weighted by atomic mass is 35.5. The van der Waals surface area contributed by atoms with E-state index < -0.39 is 12.0 Å². The van der Waals surface area contributed by atoms with Crippen molar-refractivity contribution in [1.82, 2.24) is 5.32 Å². The van der Waals surface area contributed by atoms with Gasteiger partial charge in [0.2, 0.25) is 0 Å². The number of ether oxygens (including phenoxy) is 1. The Morgan fingerprint density at radius 2 is 2.15 bits per heavy atom. The summed E-state index contributed by atoms with van der Waals surface area (Å²) in [5.74, 6) is -0.856. The number of halogens is 1. The Balaban J connectivity index is 2.73. The molecule has 0 radical (unpaired) electrons. The van der Waals surface area contributed by atoms with Gasteiger partial charge in [-0.05, 0) is 19.1 Å². The maximum atomic E-state index is 11.6. The quantitative estimate of drug-likeness (QED) is 0.657. The topological polar surface area (TPSA) is 91.2 Å². The molecule has 0 bridgehead atoms. The SMILES string of the molecule is CCOC(=O)NC(=O)/C(C#N)=C/Nc1ccccc1Cl. The van der Waals surface area contributed by atoms with E-state index in [1.54, 1.807) is 37.3 Å². The molecule has 6 nitrogen and oxygen atoms in total. The number of hydrogen-bond acceptors (Lipinski definition) is 5. The largest absolute Gasteiger partial charge is 0.450 e. The molecule has 1 rings (SSSR count). The minimum absolute atomic E-state index is 0.128. The maximum Gasteiger partial charge on any atom is 0.414 e. The number of hydrogen-bond donors (Lipinski definition) is 2. The molecular formula is C13H12ClN3O3. The smallest absolute Gasteiger partial charge is 0.414 e. The van der Waals surface area contributed by atoms with Gasteiger partial charge in [-0.3, -0.25) is 10.1 Å². The summed E-state index contributed by atoms with van der Waals surface area (Å²) < 4.78 is 4.54. The molecule has 0 spiro atoms. The molecule has 0 heterocycles. The molecule has 20 heavy (non-hydrogen) atoms. The second-order valence-corrected chi connectivity index (χ2v) is 3.88. The lowest BCUT2D eigenvalue weighted by Crippen LogP contribution is -2.32. The fraction of sp³-hybridized carbons (Fsp3) is 0.154. The number of rotatable bonds is 4. The first-order valence-corrected chi connectivity index (χ1v) is 6.05. The summed E-state index contributed by atoms with van der Waals surface area (Å²) in [6, 6.07) is 8.50. The van der Waals surface area contributed by atoms with E-state index in [4.69, 9.17) is 16.9 Å². The van der Waals surface area contributed by atoms with E-state index in [-0.39, 0.29) is 12.2 Å². The third kappa shape index (κ3) is 4.63. The Morgan fingerprint density at radius 3 is 2.75 bits per heavy atom. The lowest BCUT2D eigenvalue weighted by molar-refractivity contribution is -0.116. The van der Waals surface area contributed by atoms with Crippen LogP contribution in [0, 0.1) is 11.3 Å². The molecular weight excluding hydrogens is 282 g/mol. The first-order chi connectivity index (χ1) is 9.58. The molecule has 2 N–H and O–H groups in total. The summed E-state index contributed by atoms with van der Waals surface area (Å²) in [4.78, 5) is 22.7. The third-order valence-corrected chi connectivity index (χ3v) is 2.43. The van der Waals surface area contributed by atoms with E-state index >= 15 is 0 Å². The first-order valence-electron chi connectivity index (χ1n) is 5.68. The lowest BCUT2D eigenvalue weighted by atomic mass is 10.3. The van der Waals surface area contributed by atoms with Gasteiger partial charge >= 0.3 is 6.09 Å². The van der Waals surface area contributed by atoms with Crippen LogP contribution in [0.2, 0.25) is 5.02 Å². The van der Waals surface area contributed by atoms with Gasteiger partial charge in [0.1, 0.15) is 11.6 Å². The zero-order chi connectivity index (χ0) is 15.0. The zero-order valence-corrected chi connectivity index (χ0v) is 11.4. The number of carbonyl (C=O) groups is 2. The van der Waals surface area contributed by atoms with Crippen molar-refractivity contribution in [2.75, 3.05) is 11.9 Å². The predicted octanol–water partition coefficient (Wildman–Crippen LogP) is 2.43. The highest BCUT2D eigenvalue weighted by Crippen LogP contribution is 2.20. The fourth-order valence-electron chi connectivity index (χ4n) is 1.20. The van der Waals surface area contributed by atoms with Gasteiger partial charge in [-0.15, -0.1) is 0 Å².